The van der Waals surface area contributed by atoms with Crippen molar-refractivity contribution in [2.45, 2.75) is 37.8 Å². The van der Waals surface area contributed by atoms with E-state index in [1.54, 1.807) is 11.8 Å². The van der Waals surface area contributed by atoms with E-state index in [9.17, 15) is 4.79 Å². The topological polar surface area (TPSA) is 48.5 Å². The molecule has 0 atom stereocenters. The molecule has 1 aromatic heterocycles. The summed E-state index contributed by atoms with van der Waals surface area (Å²) in [6.45, 7) is 11.4. The Labute approximate surface area is 166 Å². The molecule has 2 aromatic rings. The lowest BCUT2D eigenvalue weighted by molar-refractivity contribution is 0.208. The van der Waals surface area contributed by atoms with Crippen molar-refractivity contribution in [3.63, 3.8) is 0 Å². The summed E-state index contributed by atoms with van der Waals surface area (Å²) in [5.74, 6) is 0. The predicted octanol–water partition coefficient (Wildman–Crippen LogP) is 4.55. The van der Waals surface area contributed by atoms with Crippen molar-refractivity contribution in [3.05, 3.63) is 47.8 Å². The van der Waals surface area contributed by atoms with E-state index < -0.39 is 0 Å². The summed E-state index contributed by atoms with van der Waals surface area (Å²) >= 11 is 1.77. The van der Waals surface area contributed by atoms with Crippen LogP contribution in [0.25, 0.3) is 0 Å². The van der Waals surface area contributed by atoms with Crippen LogP contribution in [0.4, 0.5) is 16.2 Å². The van der Waals surface area contributed by atoms with Gasteiger partial charge in [0, 0.05) is 53.4 Å². The van der Waals surface area contributed by atoms with Crippen LogP contribution in [0.2, 0.25) is 0 Å². The minimum absolute atomic E-state index is 0.0199. The molecule has 0 spiro atoms. The van der Waals surface area contributed by atoms with Crippen LogP contribution < -0.4 is 10.2 Å². The summed E-state index contributed by atoms with van der Waals surface area (Å²) < 4.78 is 0. The molecule has 1 aromatic carbocycles. The molecule has 144 valence electrons. The number of amides is 2. The van der Waals surface area contributed by atoms with Gasteiger partial charge in [0.2, 0.25) is 0 Å². The molecular formula is C21H28N4OS. The Morgan fingerprint density at radius 3 is 2.33 bits per heavy atom. The van der Waals surface area contributed by atoms with Gasteiger partial charge in [-0.15, -0.1) is 11.8 Å². The summed E-state index contributed by atoms with van der Waals surface area (Å²) in [6, 6.07) is 12.2. The molecule has 6 heteroatoms. The van der Waals surface area contributed by atoms with Gasteiger partial charge in [0.05, 0.1) is 5.69 Å². The van der Waals surface area contributed by atoms with Crippen LogP contribution >= 0.6 is 11.8 Å². The highest BCUT2D eigenvalue weighted by atomic mass is 32.2. The molecule has 0 radical (unpaired) electrons. The summed E-state index contributed by atoms with van der Waals surface area (Å²) in [5, 5.41) is 3.57. The standard InChI is InChI=1S/C21H28N4OS/c1-15(2)27-20-8-6-5-7-19(20)23-21(26)25-11-9-24(10-12-25)18-13-16(3)22-17(4)14-18/h5-8,13-15H,9-12H2,1-4H3,(H,23,26). The molecular weight excluding hydrogens is 356 g/mol. The van der Waals surface area contributed by atoms with Crippen molar-refractivity contribution in [3.8, 4) is 0 Å². The summed E-state index contributed by atoms with van der Waals surface area (Å²) in [4.78, 5) is 22.5. The number of nitrogens with zero attached hydrogens (tertiary/aromatic N) is 3. The molecule has 0 bridgehead atoms. The lowest BCUT2D eigenvalue weighted by atomic mass is 10.2. The van der Waals surface area contributed by atoms with Gasteiger partial charge < -0.3 is 15.1 Å². The summed E-state index contributed by atoms with van der Waals surface area (Å²) in [5.41, 5.74) is 4.15. The number of rotatable bonds is 4. The van der Waals surface area contributed by atoms with Gasteiger partial charge in [-0.05, 0) is 38.1 Å². The van der Waals surface area contributed by atoms with E-state index in [1.165, 1.54) is 5.69 Å². The van der Waals surface area contributed by atoms with E-state index >= 15 is 0 Å². The molecule has 1 fully saturated rings. The van der Waals surface area contributed by atoms with E-state index in [0.717, 1.165) is 35.1 Å². The fourth-order valence-corrected chi connectivity index (χ4v) is 4.19. The first kappa shape index (κ1) is 19.5. The molecule has 1 N–H and O–H groups in total. The third kappa shape index (κ3) is 5.16. The average Bonchev–Trinajstić information content (AvgIpc) is 2.62. The molecule has 3 rings (SSSR count). The van der Waals surface area contributed by atoms with Crippen LogP contribution in [0, 0.1) is 13.8 Å². The van der Waals surface area contributed by atoms with Crippen molar-refractivity contribution in [1.82, 2.24) is 9.88 Å². The number of urea groups is 1. The Morgan fingerprint density at radius 1 is 1.07 bits per heavy atom. The number of carbonyl (C=O) groups is 1. The second-order valence-corrected chi connectivity index (χ2v) is 8.79. The SMILES string of the molecule is Cc1cc(N2CCN(C(=O)Nc3ccccc3SC(C)C)CC2)cc(C)n1. The lowest BCUT2D eigenvalue weighted by Crippen LogP contribution is -2.50. The number of nitrogens with one attached hydrogen (secondary N) is 1. The highest BCUT2D eigenvalue weighted by molar-refractivity contribution is 8.00. The quantitative estimate of drug-likeness (QED) is 0.786. The van der Waals surface area contributed by atoms with Crippen molar-refractivity contribution >= 4 is 29.2 Å². The molecule has 2 amide bonds. The number of aryl methyl sites for hydroxylation is 2. The summed E-state index contributed by atoms with van der Waals surface area (Å²) in [6.07, 6.45) is 0. The smallest absolute Gasteiger partial charge is 0.321 e. The molecule has 1 aliphatic rings. The molecule has 0 unspecified atom stereocenters. The number of carbonyl (C=O) groups excluding carboxylic acids is 1. The van der Waals surface area contributed by atoms with Gasteiger partial charge in [0.25, 0.3) is 0 Å². The van der Waals surface area contributed by atoms with Crippen molar-refractivity contribution < 1.29 is 4.79 Å². The Kier molecular flexibility index (Phi) is 6.26. The Balaban J connectivity index is 1.61. The second-order valence-electron chi connectivity index (χ2n) is 7.18. The minimum atomic E-state index is -0.0199. The number of thioether (sulfide) groups is 1. The number of hydrogen-bond donors (Lipinski definition) is 1. The van der Waals surface area contributed by atoms with Crippen molar-refractivity contribution in [2.24, 2.45) is 0 Å². The van der Waals surface area contributed by atoms with Gasteiger partial charge in [-0.2, -0.15) is 0 Å². The van der Waals surface area contributed by atoms with Crippen LogP contribution in [0.1, 0.15) is 25.2 Å². The van der Waals surface area contributed by atoms with Crippen LogP contribution in [-0.2, 0) is 0 Å². The number of aromatic nitrogens is 1. The maximum atomic E-state index is 12.7. The Morgan fingerprint density at radius 2 is 1.70 bits per heavy atom. The summed E-state index contributed by atoms with van der Waals surface area (Å²) in [7, 11) is 0. The molecule has 0 aliphatic carbocycles. The van der Waals surface area contributed by atoms with Gasteiger partial charge >= 0.3 is 6.03 Å². The predicted molar refractivity (Wildman–Crippen MR) is 114 cm³/mol. The van der Waals surface area contributed by atoms with Gasteiger partial charge in [0.1, 0.15) is 0 Å². The first-order valence-corrected chi connectivity index (χ1v) is 10.3. The molecule has 5 nitrogen and oxygen atoms in total. The maximum Gasteiger partial charge on any atom is 0.321 e. The van der Waals surface area contributed by atoms with E-state index in [0.29, 0.717) is 18.3 Å². The molecule has 27 heavy (non-hydrogen) atoms. The first-order valence-electron chi connectivity index (χ1n) is 9.44. The minimum Gasteiger partial charge on any atom is -0.368 e. The first-order chi connectivity index (χ1) is 12.9. The molecule has 0 saturated carbocycles. The number of pyridine rings is 1. The van der Waals surface area contributed by atoms with Crippen LogP contribution in [0.3, 0.4) is 0 Å². The van der Waals surface area contributed by atoms with Crippen molar-refractivity contribution in [1.29, 1.82) is 0 Å². The third-order valence-electron chi connectivity index (χ3n) is 4.49. The highest BCUT2D eigenvalue weighted by Crippen LogP contribution is 2.30. The zero-order chi connectivity index (χ0) is 19.4. The van der Waals surface area contributed by atoms with Gasteiger partial charge in [-0.1, -0.05) is 26.0 Å². The van der Waals surface area contributed by atoms with Crippen LogP contribution in [0.15, 0.2) is 41.3 Å². The van der Waals surface area contributed by atoms with Gasteiger partial charge in [-0.25, -0.2) is 4.79 Å². The van der Waals surface area contributed by atoms with Gasteiger partial charge in [0.15, 0.2) is 0 Å². The number of benzene rings is 1. The number of piperazine rings is 1. The van der Waals surface area contributed by atoms with Crippen LogP contribution in [-0.4, -0.2) is 47.3 Å². The van der Waals surface area contributed by atoms with E-state index in [2.05, 4.69) is 47.2 Å². The number of anilines is 2. The number of hydrogen-bond acceptors (Lipinski definition) is 4. The maximum absolute atomic E-state index is 12.7. The molecule has 1 aliphatic heterocycles. The fraction of sp³-hybridized carbons (Fsp3) is 0.429. The van der Waals surface area contributed by atoms with E-state index in [1.807, 2.05) is 36.9 Å². The monoisotopic (exact) mass is 384 g/mol. The zero-order valence-electron chi connectivity index (χ0n) is 16.5. The highest BCUT2D eigenvalue weighted by Gasteiger charge is 2.22. The van der Waals surface area contributed by atoms with E-state index in [-0.39, 0.29) is 6.03 Å². The zero-order valence-corrected chi connectivity index (χ0v) is 17.3. The van der Waals surface area contributed by atoms with Gasteiger partial charge in [-0.3, -0.25) is 4.98 Å². The normalized spacial score (nSPS) is 14.6. The van der Waals surface area contributed by atoms with Crippen LogP contribution in [0.5, 0.6) is 0 Å². The largest absolute Gasteiger partial charge is 0.368 e. The Hall–Kier alpha value is -2.21. The lowest BCUT2D eigenvalue weighted by Gasteiger charge is -2.36. The van der Waals surface area contributed by atoms with E-state index in [4.69, 9.17) is 0 Å². The number of para-hydroxylation sites is 1. The van der Waals surface area contributed by atoms with Crippen molar-refractivity contribution in [2.75, 3.05) is 36.4 Å². The Bertz CT molecular complexity index is 780. The average molecular weight is 385 g/mol. The molecule has 1 saturated heterocycles. The molecule has 2 heterocycles. The third-order valence-corrected chi connectivity index (χ3v) is 5.57. The second kappa shape index (κ2) is 8.65. The fourth-order valence-electron chi connectivity index (χ4n) is 3.28.